The van der Waals surface area contributed by atoms with Gasteiger partial charge in [-0.05, 0) is 72.1 Å². The summed E-state index contributed by atoms with van der Waals surface area (Å²) in [6, 6.07) is 7.85. The molecule has 0 bridgehead atoms. The van der Waals surface area contributed by atoms with Crippen LogP contribution in [0, 0.1) is 13.8 Å². The first kappa shape index (κ1) is 15.8. The van der Waals surface area contributed by atoms with E-state index in [-0.39, 0.29) is 12.1 Å². The van der Waals surface area contributed by atoms with Crippen LogP contribution in [0.2, 0.25) is 5.02 Å². The molecule has 5 heteroatoms. The van der Waals surface area contributed by atoms with Crippen LogP contribution in [0.3, 0.4) is 0 Å². The highest BCUT2D eigenvalue weighted by Gasteiger charge is 2.20. The number of aryl methyl sites for hydroxylation is 2. The van der Waals surface area contributed by atoms with Gasteiger partial charge in [0.05, 0.1) is 3.79 Å². The van der Waals surface area contributed by atoms with E-state index < -0.39 is 0 Å². The SMILES string of the molecule is Cc1cc(OC(c2ccc(Br)s2)C(C)N)cc(C)c1Cl. The largest absolute Gasteiger partial charge is 0.483 e. The molecule has 108 valence electrons. The predicted molar refractivity (Wildman–Crippen MR) is 90.0 cm³/mol. The van der Waals surface area contributed by atoms with Gasteiger partial charge in [-0.15, -0.1) is 11.3 Å². The van der Waals surface area contributed by atoms with Crippen LogP contribution in [0.5, 0.6) is 5.75 Å². The fourth-order valence-electron chi connectivity index (χ4n) is 2.03. The molecule has 0 aliphatic heterocycles. The van der Waals surface area contributed by atoms with Crippen molar-refractivity contribution >= 4 is 38.9 Å². The maximum absolute atomic E-state index is 6.18. The molecule has 2 nitrogen and oxygen atoms in total. The average Bonchev–Trinajstić information content (AvgIpc) is 2.79. The van der Waals surface area contributed by atoms with Crippen LogP contribution in [-0.4, -0.2) is 6.04 Å². The van der Waals surface area contributed by atoms with E-state index in [1.54, 1.807) is 11.3 Å². The van der Waals surface area contributed by atoms with Gasteiger partial charge in [0.2, 0.25) is 0 Å². The third-order valence-corrected chi connectivity index (χ3v) is 5.31. The molecule has 0 spiro atoms. The fraction of sp³-hybridized carbons (Fsp3) is 0.333. The van der Waals surface area contributed by atoms with Gasteiger partial charge in [0.15, 0.2) is 0 Å². The van der Waals surface area contributed by atoms with Crippen molar-refractivity contribution in [3.63, 3.8) is 0 Å². The first-order valence-corrected chi connectivity index (χ1v) is 8.31. The highest BCUT2D eigenvalue weighted by atomic mass is 79.9. The molecule has 1 aromatic carbocycles. The van der Waals surface area contributed by atoms with E-state index in [1.807, 2.05) is 45.0 Å². The van der Waals surface area contributed by atoms with Crippen molar-refractivity contribution in [1.29, 1.82) is 0 Å². The number of thiophene rings is 1. The quantitative estimate of drug-likeness (QED) is 0.793. The minimum atomic E-state index is -0.161. The topological polar surface area (TPSA) is 35.2 Å². The van der Waals surface area contributed by atoms with Crippen molar-refractivity contribution < 1.29 is 4.74 Å². The lowest BCUT2D eigenvalue weighted by Gasteiger charge is -2.22. The molecule has 2 atom stereocenters. The highest BCUT2D eigenvalue weighted by molar-refractivity contribution is 9.11. The zero-order chi connectivity index (χ0) is 14.9. The lowest BCUT2D eigenvalue weighted by molar-refractivity contribution is 0.184. The van der Waals surface area contributed by atoms with Crippen LogP contribution < -0.4 is 10.5 Å². The van der Waals surface area contributed by atoms with Crippen LogP contribution in [0.4, 0.5) is 0 Å². The summed E-state index contributed by atoms with van der Waals surface area (Å²) in [4.78, 5) is 1.11. The molecule has 20 heavy (non-hydrogen) atoms. The zero-order valence-electron chi connectivity index (χ0n) is 11.6. The number of hydrogen-bond donors (Lipinski definition) is 1. The molecular weight excluding hydrogens is 358 g/mol. The maximum atomic E-state index is 6.18. The number of ether oxygens (including phenoxy) is 1. The molecule has 2 unspecified atom stereocenters. The second kappa shape index (κ2) is 6.48. The zero-order valence-corrected chi connectivity index (χ0v) is 14.8. The van der Waals surface area contributed by atoms with E-state index >= 15 is 0 Å². The average molecular weight is 375 g/mol. The van der Waals surface area contributed by atoms with E-state index in [9.17, 15) is 0 Å². The van der Waals surface area contributed by atoms with Gasteiger partial charge in [0.25, 0.3) is 0 Å². The smallest absolute Gasteiger partial charge is 0.148 e. The molecule has 0 fully saturated rings. The van der Waals surface area contributed by atoms with E-state index in [2.05, 4.69) is 15.9 Å². The third-order valence-electron chi connectivity index (χ3n) is 3.02. The molecule has 0 saturated heterocycles. The van der Waals surface area contributed by atoms with Crippen LogP contribution >= 0.6 is 38.9 Å². The third kappa shape index (κ3) is 3.55. The maximum Gasteiger partial charge on any atom is 0.148 e. The van der Waals surface area contributed by atoms with Crippen molar-refractivity contribution in [3.05, 3.63) is 49.1 Å². The monoisotopic (exact) mass is 373 g/mol. The minimum absolute atomic E-state index is 0.100. The van der Waals surface area contributed by atoms with Crippen LogP contribution in [0.15, 0.2) is 28.1 Å². The molecule has 2 rings (SSSR count). The van der Waals surface area contributed by atoms with Crippen LogP contribution in [-0.2, 0) is 0 Å². The molecule has 0 amide bonds. The van der Waals surface area contributed by atoms with Gasteiger partial charge in [-0.1, -0.05) is 11.6 Å². The molecule has 0 radical (unpaired) electrons. The summed E-state index contributed by atoms with van der Waals surface area (Å²) in [7, 11) is 0. The number of halogens is 2. The van der Waals surface area contributed by atoms with Crippen molar-refractivity contribution in [2.75, 3.05) is 0 Å². The summed E-state index contributed by atoms with van der Waals surface area (Å²) in [5.41, 5.74) is 8.10. The van der Waals surface area contributed by atoms with Gasteiger partial charge >= 0.3 is 0 Å². The molecule has 2 aromatic rings. The number of benzene rings is 1. The Kier molecular flexibility index (Phi) is 5.13. The lowest BCUT2D eigenvalue weighted by Crippen LogP contribution is -2.28. The van der Waals surface area contributed by atoms with Gasteiger partial charge in [-0.25, -0.2) is 0 Å². The molecule has 1 heterocycles. The Morgan fingerprint density at radius 2 is 1.85 bits per heavy atom. The Morgan fingerprint density at radius 3 is 2.30 bits per heavy atom. The molecule has 0 aliphatic rings. The predicted octanol–water partition coefficient (Wildman–Crippen LogP) is 5.25. The minimum Gasteiger partial charge on any atom is -0.483 e. The summed E-state index contributed by atoms with van der Waals surface area (Å²) in [6.45, 7) is 5.91. The standard InChI is InChI=1S/C15H17BrClNOS/c1-8-6-11(7-9(2)14(8)17)19-15(10(3)18)12-4-5-13(16)20-12/h4-7,10,15H,18H2,1-3H3. The van der Waals surface area contributed by atoms with Crippen molar-refractivity contribution in [1.82, 2.24) is 0 Å². The Balaban J connectivity index is 2.29. The Labute approximate surface area is 137 Å². The fourth-order valence-corrected chi connectivity index (χ4v) is 3.70. The van der Waals surface area contributed by atoms with Crippen molar-refractivity contribution in [3.8, 4) is 5.75 Å². The van der Waals surface area contributed by atoms with Crippen LogP contribution in [0.1, 0.15) is 29.0 Å². The van der Waals surface area contributed by atoms with Crippen molar-refractivity contribution in [2.45, 2.75) is 32.9 Å². The first-order valence-electron chi connectivity index (χ1n) is 6.32. The molecule has 0 aliphatic carbocycles. The van der Waals surface area contributed by atoms with E-state index in [0.29, 0.717) is 0 Å². The Morgan fingerprint density at radius 1 is 1.25 bits per heavy atom. The number of hydrogen-bond acceptors (Lipinski definition) is 3. The van der Waals surface area contributed by atoms with Crippen molar-refractivity contribution in [2.24, 2.45) is 5.73 Å². The summed E-state index contributed by atoms with van der Waals surface area (Å²) in [6.07, 6.45) is -0.161. The van der Waals surface area contributed by atoms with E-state index in [0.717, 1.165) is 30.6 Å². The Hall–Kier alpha value is -0.550. The normalized spacial score (nSPS) is 14.1. The molecule has 2 N–H and O–H groups in total. The first-order chi connectivity index (χ1) is 9.38. The van der Waals surface area contributed by atoms with E-state index in [4.69, 9.17) is 22.1 Å². The molecule has 1 aromatic heterocycles. The molecule has 0 saturated carbocycles. The second-order valence-corrected chi connectivity index (χ2v) is 7.78. The van der Waals surface area contributed by atoms with Gasteiger partial charge in [-0.2, -0.15) is 0 Å². The summed E-state index contributed by atoms with van der Waals surface area (Å²) < 4.78 is 7.17. The second-order valence-electron chi connectivity index (χ2n) is 4.91. The van der Waals surface area contributed by atoms with Gasteiger partial charge in [-0.3, -0.25) is 0 Å². The van der Waals surface area contributed by atoms with Crippen LogP contribution in [0.25, 0.3) is 0 Å². The summed E-state index contributed by atoms with van der Waals surface area (Å²) in [5.74, 6) is 0.802. The molecular formula is C15H17BrClNOS. The van der Waals surface area contributed by atoms with Gasteiger partial charge in [0.1, 0.15) is 11.9 Å². The lowest BCUT2D eigenvalue weighted by atomic mass is 10.1. The summed E-state index contributed by atoms with van der Waals surface area (Å²) >= 11 is 11.3. The number of rotatable bonds is 4. The van der Waals surface area contributed by atoms with Gasteiger partial charge in [0, 0.05) is 15.9 Å². The highest BCUT2D eigenvalue weighted by Crippen LogP contribution is 2.34. The Bertz CT molecular complexity index is 589. The number of nitrogens with two attached hydrogens (primary N) is 1. The van der Waals surface area contributed by atoms with E-state index in [1.165, 1.54) is 0 Å². The van der Waals surface area contributed by atoms with Gasteiger partial charge < -0.3 is 10.5 Å². The summed E-state index contributed by atoms with van der Waals surface area (Å²) in [5, 5.41) is 0.786.